The van der Waals surface area contributed by atoms with Crippen LogP contribution >= 0.6 is 11.6 Å². The minimum atomic E-state index is -3.30. The van der Waals surface area contributed by atoms with E-state index in [1.54, 1.807) is 4.31 Å². The zero-order valence-electron chi connectivity index (χ0n) is 21.5. The van der Waals surface area contributed by atoms with Crippen LogP contribution in [-0.4, -0.2) is 48.8 Å². The van der Waals surface area contributed by atoms with E-state index >= 15 is 0 Å². The van der Waals surface area contributed by atoms with Gasteiger partial charge in [-0.25, -0.2) is 12.7 Å². The van der Waals surface area contributed by atoms with Gasteiger partial charge in [-0.3, -0.25) is 4.99 Å². The first-order chi connectivity index (χ1) is 16.8. The van der Waals surface area contributed by atoms with Crippen molar-refractivity contribution in [3.63, 3.8) is 0 Å². The van der Waals surface area contributed by atoms with Gasteiger partial charge in [-0.1, -0.05) is 31.7 Å². The van der Waals surface area contributed by atoms with Crippen molar-refractivity contribution in [2.75, 3.05) is 24.7 Å². The Hall–Kier alpha value is -1.37. The van der Waals surface area contributed by atoms with Gasteiger partial charge >= 0.3 is 0 Å². The van der Waals surface area contributed by atoms with Gasteiger partial charge in [-0.2, -0.15) is 0 Å². The van der Waals surface area contributed by atoms with E-state index in [9.17, 15) is 8.42 Å². The van der Waals surface area contributed by atoms with Gasteiger partial charge < -0.3 is 5.32 Å². The van der Waals surface area contributed by atoms with Gasteiger partial charge in [0.25, 0.3) is 0 Å². The number of alkyl halides is 1. The molecule has 3 aliphatic rings. The molecular weight excluding hydrogens is 478 g/mol. The molecule has 2 heterocycles. The Labute approximate surface area is 217 Å². The third kappa shape index (κ3) is 6.14. The van der Waals surface area contributed by atoms with Crippen LogP contribution in [0.4, 0.5) is 0 Å². The van der Waals surface area contributed by atoms with Crippen molar-refractivity contribution in [3.8, 4) is 0 Å². The predicted molar refractivity (Wildman–Crippen MR) is 147 cm³/mol. The minimum absolute atomic E-state index is 0.160. The number of hydrogen-bond donors (Lipinski definition) is 1. The number of aryl methyl sites for hydroxylation is 3. The molecule has 1 N–H and O–H groups in total. The molecule has 2 fully saturated rings. The van der Waals surface area contributed by atoms with E-state index in [-0.39, 0.29) is 11.3 Å². The topological polar surface area (TPSA) is 61.8 Å². The molecule has 5 nitrogen and oxygen atoms in total. The van der Waals surface area contributed by atoms with E-state index < -0.39 is 10.0 Å². The fourth-order valence-corrected chi connectivity index (χ4v) is 7.68. The van der Waals surface area contributed by atoms with Crippen LogP contribution < -0.4 is 5.32 Å². The average Bonchev–Trinajstić information content (AvgIpc) is 3.17. The lowest BCUT2D eigenvalue weighted by Crippen LogP contribution is -2.47. The summed E-state index contributed by atoms with van der Waals surface area (Å²) in [6.07, 6.45) is 10.1. The molecule has 1 spiro atoms. The molecule has 7 heteroatoms. The molecule has 1 saturated carbocycles. The lowest BCUT2D eigenvalue weighted by molar-refractivity contribution is 0.268. The van der Waals surface area contributed by atoms with Crippen LogP contribution in [0.15, 0.2) is 35.5 Å². The summed E-state index contributed by atoms with van der Waals surface area (Å²) in [6.45, 7) is 9.55. The van der Waals surface area contributed by atoms with Gasteiger partial charge in [0.05, 0.1) is 5.75 Å². The molecule has 1 aliphatic carbocycles. The van der Waals surface area contributed by atoms with E-state index in [2.05, 4.69) is 43.9 Å². The number of aliphatic imine (C=N–C) groups is 1. The molecule has 0 radical (unpaired) electrons. The maximum atomic E-state index is 13.1. The van der Waals surface area contributed by atoms with Crippen LogP contribution in [0.5, 0.6) is 0 Å². The number of halogens is 1. The van der Waals surface area contributed by atoms with Crippen molar-refractivity contribution in [2.45, 2.75) is 83.6 Å². The van der Waals surface area contributed by atoms with Crippen LogP contribution in [-0.2, 0) is 22.9 Å². The van der Waals surface area contributed by atoms with E-state index in [4.69, 9.17) is 16.6 Å². The van der Waals surface area contributed by atoms with Crippen molar-refractivity contribution >= 4 is 27.5 Å². The van der Waals surface area contributed by atoms with Gasteiger partial charge in [0, 0.05) is 30.6 Å². The summed E-state index contributed by atoms with van der Waals surface area (Å²) in [5.41, 5.74) is 4.21. The number of nitrogens with zero attached hydrogens (tertiary/aromatic N) is 2. The Bertz CT molecular complexity index is 1040. The molecule has 0 amide bonds. The van der Waals surface area contributed by atoms with Crippen molar-refractivity contribution < 1.29 is 8.42 Å². The fraction of sp³-hybridized carbons (Fsp3) is 0.679. The van der Waals surface area contributed by atoms with Crippen LogP contribution in [0.2, 0.25) is 0 Å². The third-order valence-corrected chi connectivity index (χ3v) is 10.7. The normalized spacial score (nSPS) is 25.0. The summed E-state index contributed by atoms with van der Waals surface area (Å²) >= 11 is 5.87. The number of piperidine rings is 1. The number of rotatable bonds is 9. The quantitative estimate of drug-likeness (QED) is 0.431. The van der Waals surface area contributed by atoms with Crippen molar-refractivity contribution in [3.05, 3.63) is 47.2 Å². The van der Waals surface area contributed by atoms with Gasteiger partial charge in [-0.15, -0.1) is 11.6 Å². The van der Waals surface area contributed by atoms with E-state index in [1.807, 2.05) is 0 Å². The first kappa shape index (κ1) is 26.7. The smallest absolute Gasteiger partial charge is 0.214 e. The molecule has 0 atom stereocenters. The van der Waals surface area contributed by atoms with Gasteiger partial charge in [0.1, 0.15) is 11.4 Å². The van der Waals surface area contributed by atoms with E-state index in [0.29, 0.717) is 38.3 Å². The lowest BCUT2D eigenvalue weighted by Gasteiger charge is -2.36. The summed E-state index contributed by atoms with van der Waals surface area (Å²) in [5.74, 6) is 3.28. The first-order valence-corrected chi connectivity index (χ1v) is 15.6. The highest BCUT2D eigenvalue weighted by atomic mass is 35.5. The highest BCUT2D eigenvalue weighted by Gasteiger charge is 2.44. The zero-order chi connectivity index (χ0) is 25.1. The van der Waals surface area contributed by atoms with Crippen LogP contribution in [0.3, 0.4) is 0 Å². The summed E-state index contributed by atoms with van der Waals surface area (Å²) in [4.78, 5) is 5.17. The van der Waals surface area contributed by atoms with Crippen molar-refractivity contribution in [1.29, 1.82) is 0 Å². The molecule has 1 saturated heterocycles. The first-order valence-electron chi connectivity index (χ1n) is 13.4. The van der Waals surface area contributed by atoms with Gasteiger partial charge in [0.2, 0.25) is 10.0 Å². The summed E-state index contributed by atoms with van der Waals surface area (Å²) in [7, 11) is -3.30. The molecule has 4 rings (SSSR count). The predicted octanol–water partition coefficient (Wildman–Crippen LogP) is 5.61. The second-order valence-electron chi connectivity index (χ2n) is 10.8. The highest BCUT2D eigenvalue weighted by Crippen LogP contribution is 2.40. The van der Waals surface area contributed by atoms with Crippen LogP contribution in [0.1, 0.15) is 75.0 Å². The number of benzene rings is 1. The van der Waals surface area contributed by atoms with Gasteiger partial charge in [-0.05, 0) is 93.7 Å². The SMILES string of the molecule is C=C1NC(C2CCC(CCCCl)CC2)=NC12CCN(S(=O)(=O)CCc1ccc(CC)cc1C)CC2. The largest absolute Gasteiger partial charge is 0.346 e. The molecule has 2 aliphatic heterocycles. The molecule has 0 aromatic heterocycles. The van der Waals surface area contributed by atoms with Crippen LogP contribution in [0.25, 0.3) is 0 Å². The van der Waals surface area contributed by atoms with E-state index in [0.717, 1.165) is 41.7 Å². The van der Waals surface area contributed by atoms with Crippen molar-refractivity contribution in [1.82, 2.24) is 9.62 Å². The minimum Gasteiger partial charge on any atom is -0.346 e. The maximum Gasteiger partial charge on any atom is 0.214 e. The third-order valence-electron chi connectivity index (χ3n) is 8.54. The van der Waals surface area contributed by atoms with Crippen LogP contribution in [0, 0.1) is 18.8 Å². The molecule has 0 unspecified atom stereocenters. The monoisotopic (exact) mass is 519 g/mol. The Morgan fingerprint density at radius 3 is 2.54 bits per heavy atom. The number of nitrogens with one attached hydrogen (secondary N) is 1. The Morgan fingerprint density at radius 1 is 1.20 bits per heavy atom. The zero-order valence-corrected chi connectivity index (χ0v) is 23.1. The summed E-state index contributed by atoms with van der Waals surface area (Å²) in [6, 6.07) is 6.37. The fourth-order valence-electron chi connectivity index (χ4n) is 6.05. The molecule has 0 bridgehead atoms. The average molecular weight is 520 g/mol. The van der Waals surface area contributed by atoms with E-state index in [1.165, 1.54) is 43.2 Å². The number of sulfonamides is 1. The lowest BCUT2D eigenvalue weighted by atomic mass is 9.79. The summed E-state index contributed by atoms with van der Waals surface area (Å²) in [5, 5.41) is 3.52. The molecular formula is C28H42ClN3O2S. The maximum absolute atomic E-state index is 13.1. The molecule has 1 aromatic rings. The molecule has 1 aromatic carbocycles. The Balaban J connectivity index is 1.32. The molecule has 194 valence electrons. The highest BCUT2D eigenvalue weighted by molar-refractivity contribution is 7.89. The number of hydrogen-bond acceptors (Lipinski definition) is 4. The molecule has 35 heavy (non-hydrogen) atoms. The second kappa shape index (κ2) is 11.4. The summed E-state index contributed by atoms with van der Waals surface area (Å²) < 4.78 is 28.0. The van der Waals surface area contributed by atoms with Gasteiger partial charge in [0.15, 0.2) is 0 Å². The number of amidine groups is 1. The standard InChI is InChI=1S/C28H42ClN3O2S/c1-4-23-7-10-25(21(2)20-23)13-19-35(33,34)32-17-14-28(15-18-32)22(3)30-27(31-28)26-11-8-24(9-12-26)6-5-16-29/h7,10,20,24,26H,3-6,8-9,11-19H2,1-2H3,(H,30,31). The second-order valence-corrected chi connectivity index (χ2v) is 13.2. The Kier molecular flexibility index (Phi) is 8.65. The Morgan fingerprint density at radius 2 is 1.91 bits per heavy atom. The van der Waals surface area contributed by atoms with Crippen molar-refractivity contribution in [2.24, 2.45) is 16.8 Å².